The van der Waals surface area contributed by atoms with Crippen LogP contribution in [0.1, 0.15) is 0 Å². The van der Waals surface area contributed by atoms with Crippen LogP contribution in [0, 0.1) is 17.5 Å². The summed E-state index contributed by atoms with van der Waals surface area (Å²) in [6, 6.07) is 8.16. The first kappa shape index (κ1) is 18.6. The second-order valence-electron chi connectivity index (χ2n) is 5.80. The van der Waals surface area contributed by atoms with Crippen LogP contribution in [0.5, 0.6) is 5.75 Å². The molecule has 2 aromatic rings. The van der Waals surface area contributed by atoms with Gasteiger partial charge in [-0.05, 0) is 24.3 Å². The van der Waals surface area contributed by atoms with Crippen LogP contribution in [0.15, 0.2) is 36.4 Å². The fraction of sp³-hybridized carbons (Fsp3) is 0.222. The van der Waals surface area contributed by atoms with Gasteiger partial charge in [0.2, 0.25) is 5.91 Å². The Morgan fingerprint density at radius 1 is 1.11 bits per heavy atom. The van der Waals surface area contributed by atoms with Gasteiger partial charge in [0.1, 0.15) is 12.3 Å². The fourth-order valence-electron chi connectivity index (χ4n) is 2.79. The molecule has 0 spiro atoms. The van der Waals surface area contributed by atoms with Crippen LogP contribution in [0.4, 0.5) is 29.3 Å². The van der Waals surface area contributed by atoms with E-state index in [2.05, 4.69) is 5.32 Å². The Bertz CT molecular complexity index is 891. The van der Waals surface area contributed by atoms with Crippen molar-refractivity contribution in [1.82, 2.24) is 4.90 Å². The Kier molecular flexibility index (Phi) is 5.20. The van der Waals surface area contributed by atoms with Gasteiger partial charge in [0.05, 0.1) is 18.5 Å². The highest BCUT2D eigenvalue weighted by Gasteiger charge is 2.32. The quantitative estimate of drug-likeness (QED) is 0.813. The summed E-state index contributed by atoms with van der Waals surface area (Å²) in [7, 11) is 1.49. The summed E-state index contributed by atoms with van der Waals surface area (Å²) in [6.45, 7) is 0.250. The average Bonchev–Trinajstić information content (AvgIpc) is 3.02. The first-order valence-electron chi connectivity index (χ1n) is 8.05. The van der Waals surface area contributed by atoms with Crippen molar-refractivity contribution in [3.05, 3.63) is 53.8 Å². The molecule has 0 aromatic heterocycles. The molecule has 1 saturated heterocycles. The fourth-order valence-corrected chi connectivity index (χ4v) is 2.79. The van der Waals surface area contributed by atoms with Crippen LogP contribution in [-0.2, 0) is 4.79 Å². The Morgan fingerprint density at radius 2 is 1.85 bits per heavy atom. The number of rotatable bonds is 5. The second kappa shape index (κ2) is 7.56. The van der Waals surface area contributed by atoms with Gasteiger partial charge < -0.3 is 15.0 Å². The first-order chi connectivity index (χ1) is 12.9. The third-order valence-corrected chi connectivity index (χ3v) is 4.11. The third kappa shape index (κ3) is 3.67. The van der Waals surface area contributed by atoms with Gasteiger partial charge in [0.15, 0.2) is 17.5 Å². The number of methoxy groups -OCH3 is 1. The lowest BCUT2D eigenvalue weighted by Gasteiger charge is -2.20. The van der Waals surface area contributed by atoms with E-state index in [0.29, 0.717) is 24.0 Å². The molecule has 0 radical (unpaired) electrons. The van der Waals surface area contributed by atoms with E-state index in [1.807, 2.05) is 0 Å². The maximum absolute atomic E-state index is 13.6. The smallest absolute Gasteiger partial charge is 0.325 e. The monoisotopic (exact) mass is 379 g/mol. The van der Waals surface area contributed by atoms with Gasteiger partial charge in [-0.1, -0.05) is 12.1 Å². The van der Waals surface area contributed by atoms with E-state index >= 15 is 0 Å². The molecule has 1 heterocycles. The van der Waals surface area contributed by atoms with E-state index in [1.54, 1.807) is 24.3 Å². The largest absolute Gasteiger partial charge is 0.495 e. The molecular weight excluding hydrogens is 363 g/mol. The van der Waals surface area contributed by atoms with Gasteiger partial charge in [-0.25, -0.2) is 18.0 Å². The Labute approximate surface area is 153 Å². The molecule has 0 unspecified atom stereocenters. The molecule has 0 aliphatic carbocycles. The van der Waals surface area contributed by atoms with E-state index in [9.17, 15) is 22.8 Å². The second-order valence-corrected chi connectivity index (χ2v) is 5.80. The van der Waals surface area contributed by atoms with Crippen LogP contribution in [0.2, 0.25) is 0 Å². The van der Waals surface area contributed by atoms with Crippen LogP contribution < -0.4 is 15.0 Å². The number of amides is 3. The van der Waals surface area contributed by atoms with Gasteiger partial charge in [0, 0.05) is 13.1 Å². The summed E-state index contributed by atoms with van der Waals surface area (Å²) in [5, 5.41) is 2.15. The minimum atomic E-state index is -1.67. The van der Waals surface area contributed by atoms with Crippen molar-refractivity contribution in [1.29, 1.82) is 0 Å². The molecule has 0 atom stereocenters. The summed E-state index contributed by atoms with van der Waals surface area (Å²) in [5.74, 6) is -4.73. The van der Waals surface area contributed by atoms with Gasteiger partial charge in [0.25, 0.3) is 0 Å². The molecule has 2 aromatic carbocycles. The molecule has 142 valence electrons. The number of carbonyl (C=O) groups is 2. The van der Waals surface area contributed by atoms with Crippen molar-refractivity contribution in [3.8, 4) is 5.75 Å². The van der Waals surface area contributed by atoms with E-state index in [4.69, 9.17) is 4.74 Å². The molecular formula is C18H16F3N3O3. The van der Waals surface area contributed by atoms with Crippen molar-refractivity contribution < 1.29 is 27.5 Å². The number of benzene rings is 2. The minimum absolute atomic E-state index is 0.268. The highest BCUT2D eigenvalue weighted by Crippen LogP contribution is 2.30. The lowest BCUT2D eigenvalue weighted by Crippen LogP contribution is -2.37. The van der Waals surface area contributed by atoms with E-state index in [0.717, 1.165) is 6.07 Å². The minimum Gasteiger partial charge on any atom is -0.495 e. The standard InChI is InChI=1S/C18H16F3N3O3/c1-27-14-5-3-2-4-13(14)24-9-8-23(18(24)26)10-15(25)22-12-7-6-11(19)16(20)17(12)21/h2-7H,8-10H2,1H3,(H,22,25). The number of halogens is 3. The number of anilines is 2. The zero-order valence-electron chi connectivity index (χ0n) is 14.3. The zero-order valence-corrected chi connectivity index (χ0v) is 14.3. The van der Waals surface area contributed by atoms with Crippen molar-refractivity contribution in [2.75, 3.05) is 37.0 Å². The number of para-hydroxylation sites is 2. The number of nitrogens with one attached hydrogen (secondary N) is 1. The van der Waals surface area contributed by atoms with Crippen molar-refractivity contribution in [2.24, 2.45) is 0 Å². The number of nitrogens with zero attached hydrogens (tertiary/aromatic N) is 2. The van der Waals surface area contributed by atoms with Crippen LogP contribution in [-0.4, -0.2) is 43.6 Å². The highest BCUT2D eigenvalue weighted by molar-refractivity contribution is 6.00. The lowest BCUT2D eigenvalue weighted by atomic mass is 10.2. The molecule has 1 N–H and O–H groups in total. The SMILES string of the molecule is COc1ccccc1N1CCN(CC(=O)Nc2ccc(F)c(F)c2F)C1=O. The van der Waals surface area contributed by atoms with Crippen LogP contribution in [0.3, 0.4) is 0 Å². The molecule has 0 bridgehead atoms. The number of hydrogen-bond acceptors (Lipinski definition) is 3. The molecule has 9 heteroatoms. The highest BCUT2D eigenvalue weighted by atomic mass is 19.2. The lowest BCUT2D eigenvalue weighted by molar-refractivity contribution is -0.116. The van der Waals surface area contributed by atoms with E-state index in [1.165, 1.54) is 16.9 Å². The van der Waals surface area contributed by atoms with Crippen molar-refractivity contribution >= 4 is 23.3 Å². The molecule has 27 heavy (non-hydrogen) atoms. The van der Waals surface area contributed by atoms with Crippen LogP contribution in [0.25, 0.3) is 0 Å². The average molecular weight is 379 g/mol. The summed E-state index contributed by atoms with van der Waals surface area (Å²) in [4.78, 5) is 27.4. The molecule has 1 fully saturated rings. The predicted octanol–water partition coefficient (Wildman–Crippen LogP) is 2.99. The maximum atomic E-state index is 13.6. The van der Waals surface area contributed by atoms with Gasteiger partial charge >= 0.3 is 6.03 Å². The maximum Gasteiger partial charge on any atom is 0.325 e. The van der Waals surface area contributed by atoms with Gasteiger partial charge in [-0.15, -0.1) is 0 Å². The Morgan fingerprint density at radius 3 is 2.59 bits per heavy atom. The van der Waals surface area contributed by atoms with E-state index < -0.39 is 35.1 Å². The summed E-state index contributed by atoms with van der Waals surface area (Å²) in [6.07, 6.45) is 0. The summed E-state index contributed by atoms with van der Waals surface area (Å²) < 4.78 is 45.1. The molecule has 1 aliphatic heterocycles. The van der Waals surface area contributed by atoms with Crippen molar-refractivity contribution in [3.63, 3.8) is 0 Å². The van der Waals surface area contributed by atoms with Gasteiger partial charge in [-0.2, -0.15) is 0 Å². The molecule has 3 amide bonds. The number of urea groups is 1. The first-order valence-corrected chi connectivity index (χ1v) is 8.05. The predicted molar refractivity (Wildman–Crippen MR) is 92.3 cm³/mol. The topological polar surface area (TPSA) is 61.9 Å². The Hall–Kier alpha value is -3.23. The molecule has 6 nitrogen and oxygen atoms in total. The normalized spacial score (nSPS) is 13.9. The molecule has 3 rings (SSSR count). The number of carbonyl (C=O) groups excluding carboxylic acids is 2. The number of hydrogen-bond donors (Lipinski definition) is 1. The van der Waals surface area contributed by atoms with Crippen LogP contribution >= 0.6 is 0 Å². The molecule has 1 aliphatic rings. The van der Waals surface area contributed by atoms with E-state index in [-0.39, 0.29) is 13.1 Å². The summed E-state index contributed by atoms with van der Waals surface area (Å²) in [5.41, 5.74) is 0.0756. The summed E-state index contributed by atoms with van der Waals surface area (Å²) >= 11 is 0. The van der Waals surface area contributed by atoms with Gasteiger partial charge in [-0.3, -0.25) is 9.69 Å². The molecule has 0 saturated carbocycles. The van der Waals surface area contributed by atoms with Crippen molar-refractivity contribution in [2.45, 2.75) is 0 Å². The number of ether oxygens (including phenoxy) is 1. The Balaban J connectivity index is 1.68. The zero-order chi connectivity index (χ0) is 19.6. The third-order valence-electron chi connectivity index (χ3n) is 4.11.